The Morgan fingerprint density at radius 1 is 0.622 bits per heavy atom. The predicted octanol–water partition coefficient (Wildman–Crippen LogP) is 9.15. The molecule has 0 radical (unpaired) electrons. The molecular formula is C37H69NO6S. The molecule has 0 heterocycles. The first-order chi connectivity index (χ1) is 21.7. The first-order valence-corrected chi connectivity index (χ1v) is 19.9. The van der Waals surface area contributed by atoms with Crippen LogP contribution >= 0.6 is 0 Å². The lowest BCUT2D eigenvalue weighted by atomic mass is 10.0. The Morgan fingerprint density at radius 2 is 1.02 bits per heavy atom. The van der Waals surface area contributed by atoms with Gasteiger partial charge in [-0.3, -0.25) is 9.35 Å². The van der Waals surface area contributed by atoms with E-state index in [0.29, 0.717) is 6.42 Å². The molecule has 0 saturated carbocycles. The Morgan fingerprint density at radius 3 is 1.51 bits per heavy atom. The normalized spacial score (nSPS) is 14.5. The highest BCUT2D eigenvalue weighted by atomic mass is 32.2. The number of allylic oxidation sites excluding steroid dienone is 5. The SMILES string of the molecule is CCCCC/C=C\C=C/CCCCCCCC(O)C(=O)NC(CS(=O)(=O)O)C(O)/C=C/CCCCCCCCCCCCCC. The summed E-state index contributed by atoms with van der Waals surface area (Å²) in [4.78, 5) is 12.5. The highest BCUT2D eigenvalue weighted by molar-refractivity contribution is 7.85. The number of rotatable bonds is 32. The van der Waals surface area contributed by atoms with Gasteiger partial charge in [0, 0.05) is 0 Å². The third-order valence-corrected chi connectivity index (χ3v) is 8.98. The second-order valence-corrected chi connectivity index (χ2v) is 14.2. The zero-order chi connectivity index (χ0) is 33.4. The maximum atomic E-state index is 12.5. The van der Waals surface area contributed by atoms with Gasteiger partial charge < -0.3 is 15.5 Å². The third kappa shape index (κ3) is 30.9. The van der Waals surface area contributed by atoms with Crippen molar-refractivity contribution >= 4 is 16.0 Å². The van der Waals surface area contributed by atoms with Crippen LogP contribution < -0.4 is 5.32 Å². The molecule has 8 heteroatoms. The lowest BCUT2D eigenvalue weighted by Gasteiger charge is -2.22. The number of unbranched alkanes of at least 4 members (excludes halogenated alkanes) is 20. The monoisotopic (exact) mass is 655 g/mol. The van der Waals surface area contributed by atoms with E-state index in [4.69, 9.17) is 0 Å². The summed E-state index contributed by atoms with van der Waals surface area (Å²) in [6, 6.07) is -1.24. The summed E-state index contributed by atoms with van der Waals surface area (Å²) in [5.74, 6) is -1.55. The maximum Gasteiger partial charge on any atom is 0.267 e. The second-order valence-electron chi connectivity index (χ2n) is 12.7. The van der Waals surface area contributed by atoms with E-state index in [1.54, 1.807) is 6.08 Å². The number of aliphatic hydroxyl groups excluding tert-OH is 2. The van der Waals surface area contributed by atoms with Gasteiger partial charge in [-0.1, -0.05) is 159 Å². The maximum absolute atomic E-state index is 12.5. The topological polar surface area (TPSA) is 124 Å². The smallest absolute Gasteiger partial charge is 0.267 e. The van der Waals surface area contributed by atoms with Gasteiger partial charge in [-0.05, 0) is 44.9 Å². The number of amides is 1. The van der Waals surface area contributed by atoms with Crippen molar-refractivity contribution in [2.45, 2.75) is 186 Å². The van der Waals surface area contributed by atoms with Gasteiger partial charge in [0.25, 0.3) is 10.1 Å². The zero-order valence-electron chi connectivity index (χ0n) is 28.8. The Labute approximate surface area is 277 Å². The van der Waals surface area contributed by atoms with Gasteiger partial charge in [-0.15, -0.1) is 0 Å². The van der Waals surface area contributed by atoms with Gasteiger partial charge in [-0.2, -0.15) is 8.42 Å². The van der Waals surface area contributed by atoms with E-state index in [1.165, 1.54) is 89.5 Å². The average molecular weight is 656 g/mol. The highest BCUT2D eigenvalue weighted by Gasteiger charge is 2.27. The standard InChI is InChI=1S/C37H69NO6S/c1-3-5-7-9-11-13-15-17-19-21-23-25-27-29-31-35(39)34(33-45(42,43)44)38-37(41)36(40)32-30-28-26-24-22-20-18-16-14-12-10-8-6-4-2/h12,14,16,18,29,31,34-36,39-40H,3-11,13,15,17,19-28,30,32-33H2,1-2H3,(H,38,41)(H,42,43,44)/b14-12-,18-16-,31-29+. The van der Waals surface area contributed by atoms with Crippen LogP contribution in [0.1, 0.15) is 168 Å². The van der Waals surface area contributed by atoms with E-state index in [0.717, 1.165) is 57.8 Å². The summed E-state index contributed by atoms with van der Waals surface area (Å²) < 4.78 is 32.4. The summed E-state index contributed by atoms with van der Waals surface area (Å²) in [5, 5.41) is 23.3. The molecule has 0 aliphatic rings. The van der Waals surface area contributed by atoms with Crippen LogP contribution in [0, 0.1) is 0 Å². The molecule has 0 aromatic heterocycles. The summed E-state index contributed by atoms with van der Waals surface area (Å²) in [5.41, 5.74) is 0. The van der Waals surface area contributed by atoms with Gasteiger partial charge in [0.1, 0.15) is 6.10 Å². The van der Waals surface area contributed by atoms with Crippen molar-refractivity contribution in [1.29, 1.82) is 0 Å². The van der Waals surface area contributed by atoms with Crippen LogP contribution in [0.5, 0.6) is 0 Å². The largest absolute Gasteiger partial charge is 0.387 e. The molecule has 7 nitrogen and oxygen atoms in total. The van der Waals surface area contributed by atoms with Crippen molar-refractivity contribution in [3.63, 3.8) is 0 Å². The summed E-state index contributed by atoms with van der Waals surface area (Å²) in [7, 11) is -4.44. The van der Waals surface area contributed by atoms with Crippen LogP contribution in [-0.4, -0.2) is 53.1 Å². The third-order valence-electron chi connectivity index (χ3n) is 8.20. The molecule has 0 spiro atoms. The van der Waals surface area contributed by atoms with Gasteiger partial charge in [0.2, 0.25) is 5.91 Å². The van der Waals surface area contributed by atoms with Crippen molar-refractivity contribution in [3.8, 4) is 0 Å². The van der Waals surface area contributed by atoms with Crippen LogP contribution in [0.2, 0.25) is 0 Å². The number of carbonyl (C=O) groups is 1. The molecule has 0 rings (SSSR count). The fourth-order valence-electron chi connectivity index (χ4n) is 5.33. The molecule has 3 atom stereocenters. The molecule has 45 heavy (non-hydrogen) atoms. The molecule has 264 valence electrons. The average Bonchev–Trinajstić information content (AvgIpc) is 3.00. The van der Waals surface area contributed by atoms with Crippen molar-refractivity contribution in [2.75, 3.05) is 5.75 Å². The lowest BCUT2D eigenvalue weighted by Crippen LogP contribution is -2.50. The molecule has 0 aromatic carbocycles. The fraction of sp³-hybridized carbons (Fsp3) is 0.811. The predicted molar refractivity (Wildman–Crippen MR) is 190 cm³/mol. The second kappa shape index (κ2) is 31.1. The Bertz CT molecular complexity index is 870. The van der Waals surface area contributed by atoms with E-state index in [1.807, 2.05) is 0 Å². The van der Waals surface area contributed by atoms with Crippen LogP contribution in [-0.2, 0) is 14.9 Å². The number of hydrogen-bond acceptors (Lipinski definition) is 5. The van der Waals surface area contributed by atoms with E-state index in [9.17, 15) is 28.0 Å². The quantitative estimate of drug-likeness (QED) is 0.0248. The lowest BCUT2D eigenvalue weighted by molar-refractivity contribution is -0.130. The van der Waals surface area contributed by atoms with Crippen LogP contribution in [0.15, 0.2) is 36.5 Å². The van der Waals surface area contributed by atoms with E-state index < -0.39 is 40.0 Å². The molecule has 0 aliphatic carbocycles. The first kappa shape index (κ1) is 43.5. The Balaban J connectivity index is 4.17. The van der Waals surface area contributed by atoms with Crippen molar-refractivity contribution in [1.82, 2.24) is 5.32 Å². The van der Waals surface area contributed by atoms with Gasteiger partial charge in [-0.25, -0.2) is 0 Å². The first-order valence-electron chi connectivity index (χ1n) is 18.3. The molecule has 4 N–H and O–H groups in total. The summed E-state index contributed by atoms with van der Waals surface area (Å²) >= 11 is 0. The number of hydrogen-bond donors (Lipinski definition) is 4. The molecule has 0 saturated heterocycles. The highest BCUT2D eigenvalue weighted by Crippen LogP contribution is 2.14. The molecule has 0 fully saturated rings. The van der Waals surface area contributed by atoms with Gasteiger partial charge in [0.05, 0.1) is 17.9 Å². The minimum Gasteiger partial charge on any atom is -0.387 e. The number of aliphatic hydroxyl groups is 2. The number of carbonyl (C=O) groups excluding carboxylic acids is 1. The molecule has 1 amide bonds. The molecule has 0 aromatic rings. The van der Waals surface area contributed by atoms with Crippen molar-refractivity contribution in [3.05, 3.63) is 36.5 Å². The van der Waals surface area contributed by atoms with E-state index in [2.05, 4.69) is 43.5 Å². The molecule has 0 aliphatic heterocycles. The van der Waals surface area contributed by atoms with Crippen LogP contribution in [0.3, 0.4) is 0 Å². The summed E-state index contributed by atoms with van der Waals surface area (Å²) in [6.07, 6.45) is 36.2. The fourth-order valence-corrected chi connectivity index (χ4v) is 6.06. The van der Waals surface area contributed by atoms with Crippen LogP contribution in [0.25, 0.3) is 0 Å². The minimum atomic E-state index is -4.44. The molecule has 3 unspecified atom stereocenters. The zero-order valence-corrected chi connectivity index (χ0v) is 29.7. The Hall–Kier alpha value is -1.48. The van der Waals surface area contributed by atoms with Gasteiger partial charge >= 0.3 is 0 Å². The van der Waals surface area contributed by atoms with Crippen molar-refractivity contribution in [2.24, 2.45) is 0 Å². The van der Waals surface area contributed by atoms with E-state index >= 15 is 0 Å². The van der Waals surface area contributed by atoms with E-state index in [-0.39, 0.29) is 6.42 Å². The Kier molecular flexibility index (Phi) is 30.1. The molecular weight excluding hydrogens is 586 g/mol. The molecule has 0 bridgehead atoms. The van der Waals surface area contributed by atoms with Crippen LogP contribution in [0.4, 0.5) is 0 Å². The minimum absolute atomic E-state index is 0.262. The van der Waals surface area contributed by atoms with Crippen molar-refractivity contribution < 1.29 is 28.0 Å². The van der Waals surface area contributed by atoms with Gasteiger partial charge in [0.15, 0.2) is 0 Å². The number of nitrogens with one attached hydrogen (secondary N) is 1. The summed E-state index contributed by atoms with van der Waals surface area (Å²) in [6.45, 7) is 4.45.